The molecule has 0 aliphatic carbocycles. The third-order valence-electron chi connectivity index (χ3n) is 4.90. The first kappa shape index (κ1) is 17.8. The number of aromatic amines is 1. The lowest BCUT2D eigenvalue weighted by Crippen LogP contribution is -2.35. The maximum atomic E-state index is 12.8. The Balaban J connectivity index is 1.67. The highest BCUT2D eigenvalue weighted by atomic mass is 35.5. The number of aryl methyl sites for hydroxylation is 2. The van der Waals surface area contributed by atoms with Crippen molar-refractivity contribution in [2.75, 3.05) is 0 Å². The number of pyridine rings is 1. The summed E-state index contributed by atoms with van der Waals surface area (Å²) >= 11 is 5.95. The number of aliphatic imine (C=N–C) groups is 1. The fourth-order valence-electron chi connectivity index (χ4n) is 3.35. The van der Waals surface area contributed by atoms with Crippen molar-refractivity contribution in [1.82, 2.24) is 20.2 Å². The Kier molecular flexibility index (Phi) is 4.49. The number of benzene rings is 1. The van der Waals surface area contributed by atoms with Gasteiger partial charge in [0.05, 0.1) is 16.6 Å². The minimum Gasteiger partial charge on any atom is -0.394 e. The number of nitrogens with one attached hydrogen (secondary N) is 2. The molecule has 0 saturated carbocycles. The van der Waals surface area contributed by atoms with E-state index in [2.05, 4.69) is 20.6 Å². The zero-order valence-corrected chi connectivity index (χ0v) is 15.9. The summed E-state index contributed by atoms with van der Waals surface area (Å²) in [6.45, 7) is 3.95. The molecule has 140 valence electrons. The van der Waals surface area contributed by atoms with Crippen molar-refractivity contribution >= 4 is 28.9 Å². The number of H-pyrrole nitrogens is 1. The Bertz CT molecular complexity index is 1070. The van der Waals surface area contributed by atoms with Crippen molar-refractivity contribution in [2.24, 2.45) is 4.99 Å². The molecule has 0 spiro atoms. The van der Waals surface area contributed by atoms with Crippen molar-refractivity contribution in [2.45, 2.75) is 38.8 Å². The number of aromatic nitrogens is 3. The molecule has 1 aromatic carbocycles. The number of hydrogen-bond acceptors (Lipinski definition) is 5. The zero-order chi connectivity index (χ0) is 19.0. The minimum atomic E-state index is -0.405. The minimum absolute atomic E-state index is 0.122. The van der Waals surface area contributed by atoms with Gasteiger partial charge in [0.25, 0.3) is 5.56 Å². The van der Waals surface area contributed by atoms with Crippen LogP contribution in [0.2, 0.25) is 5.02 Å². The summed E-state index contributed by atoms with van der Waals surface area (Å²) < 4.78 is 1.53. The van der Waals surface area contributed by atoms with E-state index < -0.39 is 5.66 Å². The highest BCUT2D eigenvalue weighted by molar-refractivity contribution is 6.30. The van der Waals surface area contributed by atoms with Crippen LogP contribution in [-0.2, 0) is 11.3 Å². The maximum Gasteiger partial charge on any atom is 0.280 e. The first-order valence-corrected chi connectivity index (χ1v) is 9.16. The lowest BCUT2D eigenvalue weighted by molar-refractivity contribution is 0.127. The average molecular weight is 386 g/mol. The summed E-state index contributed by atoms with van der Waals surface area (Å²) in [4.78, 5) is 26.6. The Morgan fingerprint density at radius 1 is 1.30 bits per heavy atom. The summed E-state index contributed by atoms with van der Waals surface area (Å²) in [5, 5.41) is 4.46. The molecule has 0 bridgehead atoms. The van der Waals surface area contributed by atoms with Gasteiger partial charge in [-0.25, -0.2) is 9.67 Å². The molecule has 1 unspecified atom stereocenters. The zero-order valence-electron chi connectivity index (χ0n) is 15.1. The molecule has 27 heavy (non-hydrogen) atoms. The van der Waals surface area contributed by atoms with Gasteiger partial charge in [0.2, 0.25) is 0 Å². The second-order valence-electron chi connectivity index (χ2n) is 6.92. The first-order chi connectivity index (χ1) is 13.0. The van der Waals surface area contributed by atoms with Gasteiger partial charge in [-0.1, -0.05) is 11.6 Å². The van der Waals surface area contributed by atoms with Gasteiger partial charge in [-0.15, -0.1) is 5.48 Å². The molecule has 2 N–H and O–H groups in total. The Morgan fingerprint density at radius 2 is 2.07 bits per heavy atom. The molecule has 1 atom stereocenters. The van der Waals surface area contributed by atoms with E-state index in [1.165, 1.54) is 11.1 Å². The Hall–Kier alpha value is -2.64. The van der Waals surface area contributed by atoms with E-state index in [9.17, 15) is 4.79 Å². The van der Waals surface area contributed by atoms with E-state index in [4.69, 9.17) is 16.4 Å². The fourth-order valence-corrected chi connectivity index (χ4v) is 3.47. The van der Waals surface area contributed by atoms with Gasteiger partial charge < -0.3 is 4.84 Å². The van der Waals surface area contributed by atoms with Crippen molar-refractivity contribution in [3.05, 3.63) is 57.1 Å². The van der Waals surface area contributed by atoms with Gasteiger partial charge >= 0.3 is 0 Å². The molecular formula is C19H20ClN5O2. The number of fused-ring (bicyclic) bond motifs is 1. The summed E-state index contributed by atoms with van der Waals surface area (Å²) in [5.74, 6) is 0. The van der Waals surface area contributed by atoms with Crippen molar-refractivity contribution in [3.63, 3.8) is 0 Å². The van der Waals surface area contributed by atoms with Gasteiger partial charge in [-0.3, -0.25) is 14.9 Å². The number of nitrogens with zero attached hydrogens (tertiary/aromatic N) is 3. The van der Waals surface area contributed by atoms with Gasteiger partial charge in [0.1, 0.15) is 5.66 Å². The van der Waals surface area contributed by atoms with Crippen LogP contribution >= 0.6 is 11.6 Å². The summed E-state index contributed by atoms with van der Waals surface area (Å²) in [7, 11) is 0. The first-order valence-electron chi connectivity index (χ1n) is 8.78. The predicted octanol–water partition coefficient (Wildman–Crippen LogP) is 3.28. The van der Waals surface area contributed by atoms with Crippen LogP contribution in [0.25, 0.3) is 16.6 Å². The maximum absolute atomic E-state index is 12.8. The van der Waals surface area contributed by atoms with E-state index in [1.807, 2.05) is 26.0 Å². The largest absolute Gasteiger partial charge is 0.394 e. The lowest BCUT2D eigenvalue weighted by Gasteiger charge is -2.19. The third-order valence-corrected chi connectivity index (χ3v) is 5.15. The standard InChI is InChI=1S/C19H20ClN5O2/c1-12-15(4-3-9-19(2)22-11-27-24-19)17-16(10-21-12)18(26)25(23-17)14-7-5-13(20)6-8-14/h5-8,10-11,23-24H,3-4,9H2,1-2H3. The third kappa shape index (κ3) is 3.36. The summed E-state index contributed by atoms with van der Waals surface area (Å²) in [5.41, 5.74) is 5.89. The molecule has 1 aliphatic rings. The second kappa shape index (κ2) is 6.83. The molecule has 3 heterocycles. The predicted molar refractivity (Wildman–Crippen MR) is 105 cm³/mol. The molecule has 0 amide bonds. The smallest absolute Gasteiger partial charge is 0.280 e. The van der Waals surface area contributed by atoms with E-state index in [0.29, 0.717) is 10.4 Å². The molecule has 4 rings (SSSR count). The Morgan fingerprint density at radius 3 is 2.78 bits per heavy atom. The van der Waals surface area contributed by atoms with Crippen LogP contribution in [0.15, 0.2) is 40.2 Å². The van der Waals surface area contributed by atoms with Crippen LogP contribution < -0.4 is 11.0 Å². The van der Waals surface area contributed by atoms with Crippen molar-refractivity contribution in [3.8, 4) is 5.69 Å². The van der Waals surface area contributed by atoms with Gasteiger partial charge in [-0.05, 0) is 62.9 Å². The van der Waals surface area contributed by atoms with E-state index in [0.717, 1.165) is 41.7 Å². The second-order valence-corrected chi connectivity index (χ2v) is 7.36. The topological polar surface area (TPSA) is 84.3 Å². The molecular weight excluding hydrogens is 366 g/mol. The van der Waals surface area contributed by atoms with Gasteiger partial charge in [-0.2, -0.15) is 0 Å². The monoisotopic (exact) mass is 385 g/mol. The number of halogens is 1. The van der Waals surface area contributed by atoms with E-state index in [1.54, 1.807) is 18.3 Å². The molecule has 0 fully saturated rings. The fraction of sp³-hybridized carbons (Fsp3) is 0.316. The van der Waals surface area contributed by atoms with Crippen LogP contribution in [-0.4, -0.2) is 26.8 Å². The summed E-state index contributed by atoms with van der Waals surface area (Å²) in [6.07, 6.45) is 5.53. The lowest BCUT2D eigenvalue weighted by atomic mass is 10.0. The van der Waals surface area contributed by atoms with Crippen LogP contribution in [0, 0.1) is 6.92 Å². The molecule has 0 radical (unpaired) electrons. The van der Waals surface area contributed by atoms with E-state index >= 15 is 0 Å². The van der Waals surface area contributed by atoms with Crippen LogP contribution in [0.4, 0.5) is 0 Å². The normalized spacial score (nSPS) is 18.9. The number of hydroxylamine groups is 1. The molecule has 0 saturated heterocycles. The van der Waals surface area contributed by atoms with E-state index in [-0.39, 0.29) is 5.56 Å². The number of rotatable bonds is 5. The average Bonchev–Trinajstić information content (AvgIpc) is 3.22. The van der Waals surface area contributed by atoms with Gasteiger partial charge in [0, 0.05) is 16.9 Å². The van der Waals surface area contributed by atoms with Crippen LogP contribution in [0.5, 0.6) is 0 Å². The highest BCUT2D eigenvalue weighted by Crippen LogP contribution is 2.23. The quantitative estimate of drug-likeness (QED) is 0.705. The Labute approximate surface area is 161 Å². The molecule has 2 aromatic heterocycles. The number of hydrogen-bond donors (Lipinski definition) is 2. The molecule has 1 aliphatic heterocycles. The van der Waals surface area contributed by atoms with Crippen LogP contribution in [0.3, 0.4) is 0 Å². The highest BCUT2D eigenvalue weighted by Gasteiger charge is 2.26. The van der Waals surface area contributed by atoms with Crippen molar-refractivity contribution < 1.29 is 4.84 Å². The molecule has 8 heteroatoms. The molecule has 3 aromatic rings. The SMILES string of the molecule is Cc1ncc2c(=O)n(-c3ccc(Cl)cc3)[nH]c2c1CCCC1(C)N=CON1. The molecule has 7 nitrogen and oxygen atoms in total. The summed E-state index contributed by atoms with van der Waals surface area (Å²) in [6, 6.07) is 7.14. The van der Waals surface area contributed by atoms with Gasteiger partial charge in [0.15, 0.2) is 6.40 Å². The van der Waals surface area contributed by atoms with Crippen LogP contribution in [0.1, 0.15) is 31.0 Å². The van der Waals surface area contributed by atoms with Crippen molar-refractivity contribution in [1.29, 1.82) is 0 Å².